The van der Waals surface area contributed by atoms with E-state index in [9.17, 15) is 4.79 Å². The van der Waals surface area contributed by atoms with Crippen molar-refractivity contribution < 1.29 is 9.53 Å². The maximum absolute atomic E-state index is 12.0. The highest BCUT2D eigenvalue weighted by Crippen LogP contribution is 2.33. The van der Waals surface area contributed by atoms with E-state index in [1.54, 1.807) is 12.4 Å². The maximum Gasteiger partial charge on any atom is 0.306 e. The van der Waals surface area contributed by atoms with Gasteiger partial charge in [-0.05, 0) is 24.9 Å². The molecule has 0 aliphatic carbocycles. The number of aromatic nitrogens is 2. The van der Waals surface area contributed by atoms with Crippen molar-refractivity contribution in [2.24, 2.45) is 0 Å². The van der Waals surface area contributed by atoms with Crippen molar-refractivity contribution in [1.29, 1.82) is 0 Å². The highest BCUT2D eigenvalue weighted by molar-refractivity contribution is 5.71. The van der Waals surface area contributed by atoms with Crippen molar-refractivity contribution in [2.45, 2.75) is 31.6 Å². The first-order valence-corrected chi connectivity index (χ1v) is 9.96. The Kier molecular flexibility index (Phi) is 6.98. The fourth-order valence-corrected chi connectivity index (χ4v) is 3.91. The van der Waals surface area contributed by atoms with Gasteiger partial charge in [0.1, 0.15) is 5.82 Å². The zero-order valence-corrected chi connectivity index (χ0v) is 16.9. The predicted octanol–water partition coefficient (Wildman–Crippen LogP) is 2.90. The summed E-state index contributed by atoms with van der Waals surface area (Å²) in [6.07, 6.45) is 7.69. The minimum absolute atomic E-state index is 0.149. The lowest BCUT2D eigenvalue weighted by molar-refractivity contribution is -0.142. The van der Waals surface area contributed by atoms with E-state index in [-0.39, 0.29) is 11.4 Å². The SMILES string of the molecule is COC(=O)CC(C)(CCCN1CCN(c2cnccn2)CC1)c1ccccc1. The number of hydrogen-bond donors (Lipinski definition) is 0. The first-order valence-electron chi connectivity index (χ1n) is 9.96. The summed E-state index contributed by atoms with van der Waals surface area (Å²) in [5.74, 6) is 0.806. The molecule has 0 saturated carbocycles. The number of carbonyl (C=O) groups is 1. The van der Waals surface area contributed by atoms with Crippen LogP contribution in [0.1, 0.15) is 31.7 Å². The van der Waals surface area contributed by atoms with E-state index < -0.39 is 0 Å². The van der Waals surface area contributed by atoms with Gasteiger partial charge in [0.25, 0.3) is 0 Å². The Labute approximate surface area is 167 Å². The molecule has 0 spiro atoms. The van der Waals surface area contributed by atoms with Gasteiger partial charge in [0.2, 0.25) is 0 Å². The van der Waals surface area contributed by atoms with E-state index in [1.165, 1.54) is 12.7 Å². The maximum atomic E-state index is 12.0. The van der Waals surface area contributed by atoms with E-state index in [4.69, 9.17) is 4.74 Å². The zero-order valence-electron chi connectivity index (χ0n) is 16.9. The van der Waals surface area contributed by atoms with Crippen LogP contribution in [0.2, 0.25) is 0 Å². The first-order chi connectivity index (χ1) is 13.6. The summed E-state index contributed by atoms with van der Waals surface area (Å²) in [5.41, 5.74) is 1.00. The molecule has 1 aliphatic rings. The molecule has 6 heteroatoms. The van der Waals surface area contributed by atoms with Crippen LogP contribution in [0.4, 0.5) is 5.82 Å². The van der Waals surface area contributed by atoms with Crippen LogP contribution in [-0.2, 0) is 14.9 Å². The van der Waals surface area contributed by atoms with Crippen molar-refractivity contribution in [3.63, 3.8) is 0 Å². The van der Waals surface area contributed by atoms with E-state index in [0.29, 0.717) is 6.42 Å². The Morgan fingerprint density at radius 3 is 2.54 bits per heavy atom. The van der Waals surface area contributed by atoms with Crippen LogP contribution in [0, 0.1) is 0 Å². The summed E-state index contributed by atoms with van der Waals surface area (Å²) in [7, 11) is 1.46. The first kappa shape index (κ1) is 20.3. The van der Waals surface area contributed by atoms with Gasteiger partial charge in [-0.15, -0.1) is 0 Å². The molecule has 3 rings (SSSR count). The third-order valence-electron chi connectivity index (χ3n) is 5.68. The number of methoxy groups -OCH3 is 1. The van der Waals surface area contributed by atoms with Crippen molar-refractivity contribution >= 4 is 11.8 Å². The van der Waals surface area contributed by atoms with Crippen LogP contribution in [0.5, 0.6) is 0 Å². The number of esters is 1. The normalized spacial score (nSPS) is 17.1. The molecule has 28 heavy (non-hydrogen) atoms. The number of piperazine rings is 1. The van der Waals surface area contributed by atoms with Crippen LogP contribution < -0.4 is 4.90 Å². The third kappa shape index (κ3) is 5.29. The summed E-state index contributed by atoms with van der Waals surface area (Å²) in [4.78, 5) is 25.3. The van der Waals surface area contributed by atoms with E-state index in [1.807, 2.05) is 24.4 Å². The Morgan fingerprint density at radius 2 is 1.89 bits per heavy atom. The molecule has 0 N–H and O–H groups in total. The van der Waals surface area contributed by atoms with Crippen molar-refractivity contribution in [3.05, 3.63) is 54.5 Å². The molecular weight excluding hydrogens is 352 g/mol. The number of ether oxygens (including phenoxy) is 1. The molecule has 2 heterocycles. The lowest BCUT2D eigenvalue weighted by Gasteiger charge is -2.36. The molecule has 1 aromatic heterocycles. The smallest absolute Gasteiger partial charge is 0.306 e. The Hall–Kier alpha value is -2.47. The molecule has 1 unspecified atom stereocenters. The van der Waals surface area contributed by atoms with Crippen LogP contribution in [0.3, 0.4) is 0 Å². The monoisotopic (exact) mass is 382 g/mol. The van der Waals surface area contributed by atoms with Gasteiger partial charge in [-0.3, -0.25) is 14.7 Å². The minimum atomic E-state index is -0.199. The minimum Gasteiger partial charge on any atom is -0.469 e. The zero-order chi connectivity index (χ0) is 19.8. The number of nitrogens with zero attached hydrogens (tertiary/aromatic N) is 4. The van der Waals surface area contributed by atoms with Gasteiger partial charge in [-0.25, -0.2) is 4.98 Å². The van der Waals surface area contributed by atoms with Gasteiger partial charge in [0, 0.05) is 44.0 Å². The summed E-state index contributed by atoms with van der Waals surface area (Å²) in [6, 6.07) is 10.3. The van der Waals surface area contributed by atoms with Gasteiger partial charge in [-0.2, -0.15) is 0 Å². The van der Waals surface area contributed by atoms with Crippen LogP contribution in [0.15, 0.2) is 48.9 Å². The Morgan fingerprint density at radius 1 is 1.14 bits per heavy atom. The van der Waals surface area contributed by atoms with E-state index >= 15 is 0 Å². The molecule has 6 nitrogen and oxygen atoms in total. The molecule has 1 atom stereocenters. The van der Waals surface area contributed by atoms with Gasteiger partial charge >= 0.3 is 5.97 Å². The molecular formula is C22H30N4O2. The average molecular weight is 383 g/mol. The molecule has 1 aliphatic heterocycles. The number of anilines is 1. The lowest BCUT2D eigenvalue weighted by atomic mass is 9.76. The van der Waals surface area contributed by atoms with Crippen molar-refractivity contribution in [1.82, 2.24) is 14.9 Å². The fraction of sp³-hybridized carbons (Fsp3) is 0.500. The highest BCUT2D eigenvalue weighted by Gasteiger charge is 2.30. The summed E-state index contributed by atoms with van der Waals surface area (Å²) >= 11 is 0. The fourth-order valence-electron chi connectivity index (χ4n) is 3.91. The molecule has 150 valence electrons. The third-order valence-corrected chi connectivity index (χ3v) is 5.68. The quantitative estimate of drug-likeness (QED) is 0.655. The Bertz CT molecular complexity index is 733. The summed E-state index contributed by atoms with van der Waals surface area (Å²) in [5, 5.41) is 0. The molecule has 1 saturated heterocycles. The molecule has 2 aromatic rings. The number of rotatable bonds is 8. The number of carbonyl (C=O) groups excluding carboxylic acids is 1. The van der Waals surface area contributed by atoms with Crippen molar-refractivity contribution in [2.75, 3.05) is 44.7 Å². The summed E-state index contributed by atoms with van der Waals surface area (Å²) in [6.45, 7) is 7.20. The Balaban J connectivity index is 1.51. The molecule has 0 bridgehead atoms. The lowest BCUT2D eigenvalue weighted by Crippen LogP contribution is -2.47. The molecule has 1 fully saturated rings. The molecule has 1 aromatic carbocycles. The second-order valence-electron chi connectivity index (χ2n) is 7.68. The molecule has 0 amide bonds. The van der Waals surface area contributed by atoms with Gasteiger partial charge in [0.15, 0.2) is 0 Å². The van der Waals surface area contributed by atoms with E-state index in [0.717, 1.165) is 51.4 Å². The second kappa shape index (κ2) is 9.64. The number of hydrogen-bond acceptors (Lipinski definition) is 6. The second-order valence-corrected chi connectivity index (χ2v) is 7.68. The van der Waals surface area contributed by atoms with Gasteiger partial charge in [0.05, 0.1) is 19.7 Å². The van der Waals surface area contributed by atoms with Gasteiger partial charge in [-0.1, -0.05) is 37.3 Å². The van der Waals surface area contributed by atoms with Crippen molar-refractivity contribution in [3.8, 4) is 0 Å². The average Bonchev–Trinajstić information content (AvgIpc) is 2.75. The van der Waals surface area contributed by atoms with Crippen LogP contribution in [0.25, 0.3) is 0 Å². The van der Waals surface area contributed by atoms with Crippen LogP contribution >= 0.6 is 0 Å². The highest BCUT2D eigenvalue weighted by atomic mass is 16.5. The number of benzene rings is 1. The van der Waals surface area contributed by atoms with Crippen LogP contribution in [-0.4, -0.2) is 60.7 Å². The topological polar surface area (TPSA) is 58.6 Å². The van der Waals surface area contributed by atoms with E-state index in [2.05, 4.69) is 38.8 Å². The van der Waals surface area contributed by atoms with Gasteiger partial charge < -0.3 is 9.64 Å². The largest absolute Gasteiger partial charge is 0.469 e. The molecule has 0 radical (unpaired) electrons. The standard InChI is InChI=1S/C22H30N4O2/c1-22(17-21(27)28-2,19-7-4-3-5-8-19)9-6-12-25-13-15-26(16-14-25)20-18-23-10-11-24-20/h3-5,7-8,10-11,18H,6,9,12-17H2,1-2H3. The predicted molar refractivity (Wildman–Crippen MR) is 110 cm³/mol. The summed E-state index contributed by atoms with van der Waals surface area (Å²) < 4.78 is 4.95.